The van der Waals surface area contributed by atoms with Gasteiger partial charge >= 0.3 is 0 Å². The summed E-state index contributed by atoms with van der Waals surface area (Å²) < 4.78 is 0. The number of carbonyl (C=O) groups is 1. The molecule has 6 nitrogen and oxygen atoms in total. The smallest absolute Gasteiger partial charge is 0.282 e. The Morgan fingerprint density at radius 1 is 1.08 bits per heavy atom. The number of fused-ring (bicyclic) bond motifs is 1. The third-order valence-electron chi connectivity index (χ3n) is 5.20. The summed E-state index contributed by atoms with van der Waals surface area (Å²) in [7, 11) is 0. The largest absolute Gasteiger partial charge is 0.353 e. The number of amides is 1. The van der Waals surface area contributed by atoms with Gasteiger partial charge in [-0.15, -0.1) is 11.3 Å². The minimum Gasteiger partial charge on any atom is -0.353 e. The minimum absolute atomic E-state index is 0.0923. The Labute approximate surface area is 151 Å². The molecule has 7 heteroatoms. The summed E-state index contributed by atoms with van der Waals surface area (Å²) in [5, 5.41) is 0.675. The van der Waals surface area contributed by atoms with Crippen LogP contribution in [0, 0.1) is 13.8 Å². The molecule has 0 saturated carbocycles. The summed E-state index contributed by atoms with van der Waals surface area (Å²) >= 11 is 1.60. The number of hydrogen-bond acceptors (Lipinski definition) is 6. The zero-order chi connectivity index (χ0) is 17.4. The van der Waals surface area contributed by atoms with Crippen LogP contribution in [0.15, 0.2) is 6.33 Å². The molecular formula is C18H23N5OS. The Bertz CT molecular complexity index is 771. The van der Waals surface area contributed by atoms with Gasteiger partial charge in [-0.3, -0.25) is 4.79 Å². The topological polar surface area (TPSA) is 62.2 Å². The van der Waals surface area contributed by atoms with E-state index in [4.69, 9.17) is 0 Å². The molecule has 0 spiro atoms. The van der Waals surface area contributed by atoms with Crippen molar-refractivity contribution in [2.24, 2.45) is 0 Å². The van der Waals surface area contributed by atoms with Crippen molar-refractivity contribution in [1.82, 2.24) is 19.9 Å². The van der Waals surface area contributed by atoms with Crippen LogP contribution in [-0.2, 0) is 12.8 Å². The number of anilines is 1. The van der Waals surface area contributed by atoms with Crippen molar-refractivity contribution in [3.63, 3.8) is 0 Å². The summed E-state index contributed by atoms with van der Waals surface area (Å²) in [4.78, 5) is 31.6. The van der Waals surface area contributed by atoms with Gasteiger partial charge < -0.3 is 9.80 Å². The van der Waals surface area contributed by atoms with Gasteiger partial charge in [0.15, 0.2) is 5.01 Å². The SMILES string of the molecule is Cc1ncnc(N2CCN(C(=O)c3nc4c(s3)CCCC4)CC2)c1C. The maximum atomic E-state index is 12.8. The maximum Gasteiger partial charge on any atom is 0.282 e. The van der Waals surface area contributed by atoms with E-state index >= 15 is 0 Å². The fourth-order valence-corrected chi connectivity index (χ4v) is 4.66. The molecule has 0 unspecified atom stereocenters. The van der Waals surface area contributed by atoms with Crippen LogP contribution >= 0.6 is 11.3 Å². The van der Waals surface area contributed by atoms with Crippen LogP contribution in [0.4, 0.5) is 5.82 Å². The summed E-state index contributed by atoms with van der Waals surface area (Å²) in [5.74, 6) is 1.08. The van der Waals surface area contributed by atoms with Crippen LogP contribution < -0.4 is 4.90 Å². The number of carbonyl (C=O) groups excluding carboxylic acids is 1. The highest BCUT2D eigenvalue weighted by Gasteiger charge is 2.27. The highest BCUT2D eigenvalue weighted by molar-refractivity contribution is 7.13. The van der Waals surface area contributed by atoms with Gasteiger partial charge in [0.25, 0.3) is 5.91 Å². The van der Waals surface area contributed by atoms with E-state index in [-0.39, 0.29) is 5.91 Å². The van der Waals surface area contributed by atoms with Crippen LogP contribution in [0.2, 0.25) is 0 Å². The second-order valence-corrected chi connectivity index (χ2v) is 7.87. The maximum absolute atomic E-state index is 12.8. The number of rotatable bonds is 2. The molecule has 0 aromatic carbocycles. The lowest BCUT2D eigenvalue weighted by Crippen LogP contribution is -2.49. The first kappa shape index (κ1) is 16.4. The molecule has 25 heavy (non-hydrogen) atoms. The zero-order valence-electron chi connectivity index (χ0n) is 14.8. The molecule has 1 fully saturated rings. The van der Waals surface area contributed by atoms with Gasteiger partial charge in [-0.25, -0.2) is 15.0 Å². The van der Waals surface area contributed by atoms with E-state index in [9.17, 15) is 4.79 Å². The molecule has 1 saturated heterocycles. The molecule has 2 aromatic heterocycles. The molecule has 132 valence electrons. The van der Waals surface area contributed by atoms with Gasteiger partial charge in [0.1, 0.15) is 12.1 Å². The molecule has 3 heterocycles. The lowest BCUT2D eigenvalue weighted by molar-refractivity contribution is 0.0746. The number of aryl methyl sites for hydroxylation is 3. The number of aromatic nitrogens is 3. The Morgan fingerprint density at radius 2 is 1.84 bits per heavy atom. The van der Waals surface area contributed by atoms with Crippen molar-refractivity contribution >= 4 is 23.1 Å². The van der Waals surface area contributed by atoms with Gasteiger partial charge in [-0.2, -0.15) is 0 Å². The van der Waals surface area contributed by atoms with E-state index in [0.717, 1.165) is 48.7 Å². The van der Waals surface area contributed by atoms with Crippen molar-refractivity contribution in [3.05, 3.63) is 33.2 Å². The van der Waals surface area contributed by atoms with Gasteiger partial charge in [0.05, 0.1) is 5.69 Å². The summed E-state index contributed by atoms with van der Waals surface area (Å²) in [6.45, 7) is 7.09. The standard InChI is InChI=1S/C18H23N5OS/c1-12-13(2)19-11-20-16(12)22-7-9-23(10-8-22)18(24)17-21-14-5-3-4-6-15(14)25-17/h11H,3-10H2,1-2H3. The molecule has 2 aromatic rings. The van der Waals surface area contributed by atoms with Crippen LogP contribution in [0.3, 0.4) is 0 Å². The first-order chi connectivity index (χ1) is 12.1. The van der Waals surface area contributed by atoms with Gasteiger partial charge in [0.2, 0.25) is 0 Å². The Hall–Kier alpha value is -2.02. The fourth-order valence-electron chi connectivity index (χ4n) is 3.54. The highest BCUT2D eigenvalue weighted by Crippen LogP contribution is 2.28. The minimum atomic E-state index is 0.0923. The zero-order valence-corrected chi connectivity index (χ0v) is 15.6. The number of nitrogens with zero attached hydrogens (tertiary/aromatic N) is 5. The first-order valence-corrected chi connectivity index (χ1v) is 9.76. The number of hydrogen-bond donors (Lipinski definition) is 0. The van der Waals surface area contributed by atoms with Gasteiger partial charge in [-0.1, -0.05) is 0 Å². The predicted octanol–water partition coefficient (Wildman–Crippen LogP) is 2.39. The quantitative estimate of drug-likeness (QED) is 0.826. The van der Waals surface area contributed by atoms with Crippen molar-refractivity contribution in [1.29, 1.82) is 0 Å². The van der Waals surface area contributed by atoms with E-state index in [0.29, 0.717) is 18.1 Å². The summed E-state index contributed by atoms with van der Waals surface area (Å²) in [6, 6.07) is 0. The Balaban J connectivity index is 1.44. The van der Waals surface area contributed by atoms with Gasteiger partial charge in [0, 0.05) is 42.3 Å². The molecule has 1 aliphatic heterocycles. The van der Waals surface area contributed by atoms with Crippen molar-refractivity contribution < 1.29 is 4.79 Å². The average Bonchev–Trinajstić information content (AvgIpc) is 3.08. The molecule has 1 amide bonds. The lowest BCUT2D eigenvalue weighted by atomic mass is 10.0. The van der Waals surface area contributed by atoms with Gasteiger partial charge in [-0.05, 0) is 39.5 Å². The van der Waals surface area contributed by atoms with E-state index in [2.05, 4.69) is 26.8 Å². The fraction of sp³-hybridized carbons (Fsp3) is 0.556. The van der Waals surface area contributed by atoms with E-state index in [1.165, 1.54) is 17.7 Å². The normalized spacial score (nSPS) is 17.5. The highest BCUT2D eigenvalue weighted by atomic mass is 32.1. The lowest BCUT2D eigenvalue weighted by Gasteiger charge is -2.35. The molecule has 0 atom stereocenters. The van der Waals surface area contributed by atoms with Crippen molar-refractivity contribution in [3.8, 4) is 0 Å². The molecule has 2 aliphatic rings. The van der Waals surface area contributed by atoms with Crippen molar-refractivity contribution in [2.75, 3.05) is 31.1 Å². The second kappa shape index (κ2) is 6.71. The summed E-state index contributed by atoms with van der Waals surface area (Å²) in [5.41, 5.74) is 3.29. The van der Waals surface area contributed by atoms with Crippen LogP contribution in [0.5, 0.6) is 0 Å². The summed E-state index contributed by atoms with van der Waals surface area (Å²) in [6.07, 6.45) is 6.15. The van der Waals surface area contributed by atoms with Crippen LogP contribution in [-0.4, -0.2) is 51.9 Å². The molecule has 4 rings (SSSR count). The van der Waals surface area contributed by atoms with E-state index in [1.54, 1.807) is 17.7 Å². The Morgan fingerprint density at radius 3 is 2.60 bits per heavy atom. The average molecular weight is 357 g/mol. The molecular weight excluding hydrogens is 334 g/mol. The van der Waals surface area contributed by atoms with Crippen molar-refractivity contribution in [2.45, 2.75) is 39.5 Å². The molecule has 0 N–H and O–H groups in total. The molecule has 0 bridgehead atoms. The second-order valence-electron chi connectivity index (χ2n) is 6.78. The number of thiazole rings is 1. The van der Waals surface area contributed by atoms with E-state index in [1.807, 2.05) is 11.8 Å². The first-order valence-electron chi connectivity index (χ1n) is 8.94. The third kappa shape index (κ3) is 3.13. The Kier molecular flexibility index (Phi) is 4.41. The van der Waals surface area contributed by atoms with Crippen LogP contribution in [0.25, 0.3) is 0 Å². The number of piperazine rings is 1. The molecule has 1 aliphatic carbocycles. The monoisotopic (exact) mass is 357 g/mol. The predicted molar refractivity (Wildman–Crippen MR) is 98.4 cm³/mol. The van der Waals surface area contributed by atoms with Crippen LogP contribution in [0.1, 0.15) is 44.5 Å². The third-order valence-corrected chi connectivity index (χ3v) is 6.35. The molecule has 0 radical (unpaired) electrons. The van der Waals surface area contributed by atoms with E-state index < -0.39 is 0 Å².